The summed E-state index contributed by atoms with van der Waals surface area (Å²) in [4.78, 5) is 27.9. The molecule has 178 valence electrons. The molecule has 35 heavy (non-hydrogen) atoms. The third kappa shape index (κ3) is 3.63. The predicted molar refractivity (Wildman–Crippen MR) is 127 cm³/mol. The summed E-state index contributed by atoms with van der Waals surface area (Å²) in [6, 6.07) is 19.5. The lowest BCUT2D eigenvalue weighted by Crippen LogP contribution is -2.48. The first-order chi connectivity index (χ1) is 17.0. The van der Waals surface area contributed by atoms with Gasteiger partial charge in [-0.3, -0.25) is 4.79 Å². The fourth-order valence-electron chi connectivity index (χ4n) is 6.30. The summed E-state index contributed by atoms with van der Waals surface area (Å²) in [7, 11) is 0. The van der Waals surface area contributed by atoms with Crippen LogP contribution in [0.5, 0.6) is 0 Å². The largest absolute Gasteiger partial charge is 0.448 e. The normalized spacial score (nSPS) is 22.6. The molecular formula is C29H25F2NO3. The van der Waals surface area contributed by atoms with Gasteiger partial charge in [0.1, 0.15) is 18.2 Å². The van der Waals surface area contributed by atoms with E-state index in [9.17, 15) is 18.4 Å². The molecule has 4 nitrogen and oxygen atoms in total. The van der Waals surface area contributed by atoms with Gasteiger partial charge in [0.2, 0.25) is 0 Å². The molecule has 1 amide bonds. The van der Waals surface area contributed by atoms with E-state index < -0.39 is 28.9 Å². The minimum Gasteiger partial charge on any atom is -0.448 e. The van der Waals surface area contributed by atoms with Crippen LogP contribution < -0.4 is 0 Å². The van der Waals surface area contributed by atoms with Crippen LogP contribution in [0.25, 0.3) is 11.1 Å². The maximum Gasteiger partial charge on any atom is 0.410 e. The van der Waals surface area contributed by atoms with Crippen LogP contribution in [0.1, 0.15) is 53.1 Å². The third-order valence-corrected chi connectivity index (χ3v) is 7.86. The van der Waals surface area contributed by atoms with E-state index in [1.807, 2.05) is 24.3 Å². The molecule has 0 radical (unpaired) electrons. The van der Waals surface area contributed by atoms with Crippen molar-refractivity contribution in [1.82, 2.24) is 4.90 Å². The van der Waals surface area contributed by atoms with Gasteiger partial charge in [-0.25, -0.2) is 13.6 Å². The molecule has 2 bridgehead atoms. The maximum atomic E-state index is 14.2. The topological polar surface area (TPSA) is 46.6 Å². The lowest BCUT2D eigenvalue weighted by Gasteiger charge is -2.37. The number of Topliss-reactive ketones (excluding diaryl/α,β-unsaturated/α-hetero) is 1. The Balaban J connectivity index is 1.16. The lowest BCUT2D eigenvalue weighted by atomic mass is 9.84. The lowest BCUT2D eigenvalue weighted by molar-refractivity contribution is 0.0502. The van der Waals surface area contributed by atoms with Crippen LogP contribution >= 0.6 is 0 Å². The number of rotatable bonds is 4. The molecule has 3 aromatic carbocycles. The molecule has 0 N–H and O–H groups in total. The molecule has 0 spiro atoms. The molecule has 2 unspecified atom stereocenters. The van der Waals surface area contributed by atoms with Crippen molar-refractivity contribution in [3.8, 4) is 11.1 Å². The Morgan fingerprint density at radius 3 is 1.91 bits per heavy atom. The van der Waals surface area contributed by atoms with Crippen LogP contribution in [0.4, 0.5) is 13.6 Å². The first kappa shape index (κ1) is 22.0. The number of carbonyl (C=O) groups excluding carboxylic acids is 2. The van der Waals surface area contributed by atoms with E-state index in [1.54, 1.807) is 4.90 Å². The van der Waals surface area contributed by atoms with Gasteiger partial charge in [-0.05, 0) is 60.1 Å². The summed E-state index contributed by atoms with van der Waals surface area (Å²) in [6.45, 7) is 0.242. The van der Waals surface area contributed by atoms with Crippen molar-refractivity contribution < 1.29 is 23.1 Å². The maximum absolute atomic E-state index is 14.2. The van der Waals surface area contributed by atoms with Gasteiger partial charge in [0.15, 0.2) is 5.78 Å². The van der Waals surface area contributed by atoms with E-state index in [0.29, 0.717) is 12.8 Å². The number of halogens is 2. The Bertz CT molecular complexity index is 1240. The van der Waals surface area contributed by atoms with E-state index in [2.05, 4.69) is 24.3 Å². The van der Waals surface area contributed by atoms with Crippen molar-refractivity contribution in [1.29, 1.82) is 0 Å². The van der Waals surface area contributed by atoms with Crippen molar-refractivity contribution >= 4 is 11.9 Å². The first-order valence-corrected chi connectivity index (χ1v) is 12.1. The number of ketones is 1. The summed E-state index contributed by atoms with van der Waals surface area (Å²) >= 11 is 0. The van der Waals surface area contributed by atoms with Crippen LogP contribution in [0.2, 0.25) is 0 Å². The summed E-state index contributed by atoms with van der Waals surface area (Å²) < 4.78 is 34.2. The number of ether oxygens (including phenoxy) is 1. The van der Waals surface area contributed by atoms with Gasteiger partial charge in [0.25, 0.3) is 0 Å². The summed E-state index contributed by atoms with van der Waals surface area (Å²) in [5.41, 5.74) is 4.18. The zero-order valence-corrected chi connectivity index (χ0v) is 19.1. The fourth-order valence-corrected chi connectivity index (χ4v) is 6.30. The zero-order valence-electron chi connectivity index (χ0n) is 19.1. The van der Waals surface area contributed by atoms with Gasteiger partial charge in [-0.15, -0.1) is 0 Å². The second-order valence-corrected chi connectivity index (χ2v) is 9.73. The second-order valence-electron chi connectivity index (χ2n) is 9.73. The molecule has 2 atom stereocenters. The van der Waals surface area contributed by atoms with Crippen molar-refractivity contribution in [3.63, 3.8) is 0 Å². The first-order valence-electron chi connectivity index (χ1n) is 12.1. The van der Waals surface area contributed by atoms with Crippen LogP contribution in [-0.2, 0) is 4.74 Å². The van der Waals surface area contributed by atoms with Gasteiger partial charge in [0.05, 0.1) is 5.56 Å². The van der Waals surface area contributed by atoms with Gasteiger partial charge in [0, 0.05) is 23.9 Å². The van der Waals surface area contributed by atoms with E-state index in [-0.39, 0.29) is 30.7 Å². The third-order valence-electron chi connectivity index (χ3n) is 7.86. The van der Waals surface area contributed by atoms with Crippen LogP contribution in [0, 0.1) is 17.6 Å². The molecule has 6 rings (SSSR count). The van der Waals surface area contributed by atoms with Gasteiger partial charge in [-0.1, -0.05) is 54.6 Å². The van der Waals surface area contributed by atoms with Crippen molar-refractivity contribution in [2.75, 3.05) is 6.61 Å². The van der Waals surface area contributed by atoms with E-state index in [0.717, 1.165) is 36.1 Å². The minimum atomic E-state index is -0.832. The summed E-state index contributed by atoms with van der Waals surface area (Å²) in [5, 5.41) is 0. The Morgan fingerprint density at radius 1 is 0.800 bits per heavy atom. The van der Waals surface area contributed by atoms with Crippen molar-refractivity contribution in [2.24, 2.45) is 5.92 Å². The van der Waals surface area contributed by atoms with Crippen LogP contribution in [0.3, 0.4) is 0 Å². The number of benzene rings is 3. The number of nitrogens with zero attached hydrogens (tertiary/aromatic N) is 1. The molecule has 1 aliphatic carbocycles. The smallest absolute Gasteiger partial charge is 0.410 e. The SMILES string of the molecule is O=C(c1c(F)cccc1F)C1CC2CCC(C1)N2C(=O)OCC1c2ccccc2-c2ccccc21. The minimum absolute atomic E-state index is 0.0212. The highest BCUT2D eigenvalue weighted by molar-refractivity contribution is 5.98. The molecule has 2 heterocycles. The molecule has 3 aromatic rings. The Labute approximate surface area is 202 Å². The molecular weight excluding hydrogens is 448 g/mol. The molecule has 2 aliphatic heterocycles. The quantitative estimate of drug-likeness (QED) is 0.416. The number of piperidine rings is 1. The number of fused-ring (bicyclic) bond motifs is 5. The summed E-state index contributed by atoms with van der Waals surface area (Å²) in [6.07, 6.45) is 1.94. The van der Waals surface area contributed by atoms with Crippen LogP contribution in [-0.4, -0.2) is 35.5 Å². The van der Waals surface area contributed by atoms with E-state index in [1.165, 1.54) is 17.2 Å². The highest BCUT2D eigenvalue weighted by Gasteiger charge is 2.46. The Hall–Kier alpha value is -3.54. The average Bonchev–Trinajstić information content (AvgIpc) is 3.33. The average molecular weight is 474 g/mol. The zero-order chi connectivity index (χ0) is 24.1. The predicted octanol–water partition coefficient (Wildman–Crippen LogP) is 6.34. The molecule has 2 saturated heterocycles. The second kappa shape index (κ2) is 8.59. The molecule has 3 aliphatic rings. The van der Waals surface area contributed by atoms with Crippen molar-refractivity contribution in [3.05, 3.63) is 95.1 Å². The summed E-state index contributed by atoms with van der Waals surface area (Å²) in [5.74, 6) is -2.70. The van der Waals surface area contributed by atoms with E-state index >= 15 is 0 Å². The molecule has 0 aromatic heterocycles. The standard InChI is InChI=1S/C29H25F2NO3/c30-25-10-5-11-26(31)27(25)28(33)17-14-18-12-13-19(15-17)32(18)29(34)35-16-24-22-8-3-1-6-20(22)21-7-2-4-9-23(21)24/h1-11,17-19,24H,12-16H2. The number of amides is 1. The fraction of sp³-hybridized carbons (Fsp3) is 0.310. The Morgan fingerprint density at radius 2 is 1.34 bits per heavy atom. The monoisotopic (exact) mass is 473 g/mol. The van der Waals surface area contributed by atoms with Gasteiger partial charge in [-0.2, -0.15) is 0 Å². The number of hydrogen-bond acceptors (Lipinski definition) is 3. The van der Waals surface area contributed by atoms with Crippen molar-refractivity contribution in [2.45, 2.75) is 43.7 Å². The van der Waals surface area contributed by atoms with E-state index in [4.69, 9.17) is 4.74 Å². The number of carbonyl (C=O) groups is 2. The van der Waals surface area contributed by atoms with Gasteiger partial charge < -0.3 is 9.64 Å². The van der Waals surface area contributed by atoms with Crippen LogP contribution in [0.15, 0.2) is 66.7 Å². The highest BCUT2D eigenvalue weighted by atomic mass is 19.1. The number of hydrogen-bond donors (Lipinski definition) is 0. The van der Waals surface area contributed by atoms with Gasteiger partial charge >= 0.3 is 6.09 Å². The molecule has 0 saturated carbocycles. The molecule has 6 heteroatoms. The molecule has 2 fully saturated rings. The highest BCUT2D eigenvalue weighted by Crippen LogP contribution is 2.45. The Kier molecular flexibility index (Phi) is 5.39.